The van der Waals surface area contributed by atoms with Crippen LogP contribution < -0.4 is 4.74 Å². The van der Waals surface area contributed by atoms with Crippen LogP contribution in [0.25, 0.3) is 0 Å². The molecule has 1 aromatic carbocycles. The fourth-order valence-corrected chi connectivity index (χ4v) is 1.80. The summed E-state index contributed by atoms with van der Waals surface area (Å²) in [6.45, 7) is 4.29. The van der Waals surface area contributed by atoms with E-state index in [1.165, 1.54) is 11.1 Å². The number of hydrogen-bond donors (Lipinski definition) is 0. The van der Waals surface area contributed by atoms with Gasteiger partial charge >= 0.3 is 0 Å². The largest absolute Gasteiger partial charge is 0.496 e. The molecule has 1 unspecified atom stereocenters. The molecule has 0 aromatic heterocycles. The topological polar surface area (TPSA) is 9.23 Å². The quantitative estimate of drug-likeness (QED) is 0.747. The molecule has 0 spiro atoms. The molecule has 0 bridgehead atoms. The highest BCUT2D eigenvalue weighted by Gasteiger charge is 2.07. The molecule has 1 nitrogen and oxygen atoms in total. The van der Waals surface area contributed by atoms with Gasteiger partial charge in [0.05, 0.1) is 7.11 Å². The number of aryl methyl sites for hydroxylation is 1. The zero-order chi connectivity index (χ0) is 10.6. The van der Waals surface area contributed by atoms with Crippen LogP contribution in [0.1, 0.15) is 24.5 Å². The minimum Gasteiger partial charge on any atom is -0.496 e. The van der Waals surface area contributed by atoms with Crippen LogP contribution in [0.5, 0.6) is 5.75 Å². The smallest absolute Gasteiger partial charge is 0.122 e. The monoisotopic (exact) mass is 256 g/mol. The lowest BCUT2D eigenvalue weighted by atomic mass is 10.0. The molecule has 0 saturated heterocycles. The Hall–Kier alpha value is -0.500. The van der Waals surface area contributed by atoms with Crippen molar-refractivity contribution < 1.29 is 4.74 Å². The van der Waals surface area contributed by atoms with Gasteiger partial charge in [-0.05, 0) is 31.4 Å². The summed E-state index contributed by atoms with van der Waals surface area (Å²) in [5.74, 6) is 0.994. The average molecular weight is 257 g/mol. The maximum atomic E-state index is 5.32. The molecule has 0 N–H and O–H groups in total. The third kappa shape index (κ3) is 3.02. The van der Waals surface area contributed by atoms with Crippen LogP contribution >= 0.6 is 15.9 Å². The van der Waals surface area contributed by atoms with E-state index in [0.29, 0.717) is 4.83 Å². The third-order valence-electron chi connectivity index (χ3n) is 2.32. The summed E-state index contributed by atoms with van der Waals surface area (Å²) in [5.41, 5.74) is 2.58. The van der Waals surface area contributed by atoms with Crippen LogP contribution in [0, 0.1) is 6.92 Å². The second-order valence-corrected chi connectivity index (χ2v) is 4.82. The highest BCUT2D eigenvalue weighted by Crippen LogP contribution is 2.23. The first-order valence-corrected chi connectivity index (χ1v) is 5.86. The summed E-state index contributed by atoms with van der Waals surface area (Å²) >= 11 is 3.65. The van der Waals surface area contributed by atoms with Gasteiger partial charge in [0.2, 0.25) is 0 Å². The molecule has 14 heavy (non-hydrogen) atoms. The zero-order valence-electron chi connectivity index (χ0n) is 9.01. The second-order valence-electron chi connectivity index (χ2n) is 3.52. The molecule has 0 aliphatic carbocycles. The van der Waals surface area contributed by atoms with Gasteiger partial charge < -0.3 is 4.74 Å². The van der Waals surface area contributed by atoms with Gasteiger partial charge in [0.25, 0.3) is 0 Å². The van der Waals surface area contributed by atoms with Gasteiger partial charge in [0.1, 0.15) is 5.75 Å². The van der Waals surface area contributed by atoms with Crippen molar-refractivity contribution in [3.63, 3.8) is 0 Å². The van der Waals surface area contributed by atoms with Crippen molar-refractivity contribution >= 4 is 15.9 Å². The Kier molecular flexibility index (Phi) is 4.46. The molecular weight excluding hydrogens is 240 g/mol. The molecule has 0 saturated carbocycles. The van der Waals surface area contributed by atoms with Crippen LogP contribution in [0.15, 0.2) is 18.2 Å². The SMILES string of the molecule is CCC(Br)Cc1cc(C)ccc1OC. The maximum absolute atomic E-state index is 5.32. The predicted octanol–water partition coefficient (Wildman–Crippen LogP) is 3.72. The van der Waals surface area contributed by atoms with E-state index in [0.717, 1.165) is 18.6 Å². The lowest BCUT2D eigenvalue weighted by Crippen LogP contribution is -2.02. The third-order valence-corrected chi connectivity index (χ3v) is 3.29. The van der Waals surface area contributed by atoms with Crippen LogP contribution in [0.4, 0.5) is 0 Å². The van der Waals surface area contributed by atoms with Crippen LogP contribution in [-0.2, 0) is 6.42 Å². The Morgan fingerprint density at radius 3 is 2.71 bits per heavy atom. The molecule has 0 fully saturated rings. The van der Waals surface area contributed by atoms with E-state index in [2.05, 4.69) is 41.9 Å². The minimum atomic E-state index is 0.540. The van der Waals surface area contributed by atoms with E-state index >= 15 is 0 Å². The molecular formula is C12H17BrO. The van der Waals surface area contributed by atoms with E-state index in [1.54, 1.807) is 7.11 Å². The number of halogens is 1. The van der Waals surface area contributed by atoms with Crippen LogP contribution in [0.3, 0.4) is 0 Å². The van der Waals surface area contributed by atoms with Crippen molar-refractivity contribution in [1.82, 2.24) is 0 Å². The molecule has 78 valence electrons. The molecule has 1 rings (SSSR count). The van der Waals surface area contributed by atoms with Crippen molar-refractivity contribution in [2.45, 2.75) is 31.5 Å². The van der Waals surface area contributed by atoms with Gasteiger partial charge in [-0.2, -0.15) is 0 Å². The van der Waals surface area contributed by atoms with E-state index in [4.69, 9.17) is 4.74 Å². The van der Waals surface area contributed by atoms with E-state index < -0.39 is 0 Å². The van der Waals surface area contributed by atoms with Gasteiger partial charge in [-0.25, -0.2) is 0 Å². The fourth-order valence-electron chi connectivity index (χ4n) is 1.45. The Labute approximate surface area is 94.6 Å². The van der Waals surface area contributed by atoms with Crippen LogP contribution in [0.2, 0.25) is 0 Å². The minimum absolute atomic E-state index is 0.540. The highest BCUT2D eigenvalue weighted by molar-refractivity contribution is 9.09. The average Bonchev–Trinajstić information content (AvgIpc) is 2.18. The molecule has 0 amide bonds. The molecule has 1 aromatic rings. The van der Waals surface area contributed by atoms with Crippen molar-refractivity contribution in [2.75, 3.05) is 7.11 Å². The van der Waals surface area contributed by atoms with Crippen LogP contribution in [-0.4, -0.2) is 11.9 Å². The number of rotatable bonds is 4. The zero-order valence-corrected chi connectivity index (χ0v) is 10.6. The maximum Gasteiger partial charge on any atom is 0.122 e. The number of alkyl halides is 1. The summed E-state index contributed by atoms with van der Waals surface area (Å²) in [5, 5.41) is 0. The normalized spacial score (nSPS) is 12.6. The predicted molar refractivity (Wildman–Crippen MR) is 64.4 cm³/mol. The second kappa shape index (κ2) is 5.40. The molecule has 0 radical (unpaired) electrons. The fraction of sp³-hybridized carbons (Fsp3) is 0.500. The van der Waals surface area contributed by atoms with Gasteiger partial charge in [-0.1, -0.05) is 40.5 Å². The van der Waals surface area contributed by atoms with Crippen molar-refractivity contribution in [3.8, 4) is 5.75 Å². The number of benzene rings is 1. The Balaban J connectivity index is 2.87. The van der Waals surface area contributed by atoms with E-state index in [9.17, 15) is 0 Å². The van der Waals surface area contributed by atoms with E-state index in [-0.39, 0.29) is 0 Å². The van der Waals surface area contributed by atoms with Gasteiger partial charge in [-0.3, -0.25) is 0 Å². The van der Waals surface area contributed by atoms with Crippen molar-refractivity contribution in [3.05, 3.63) is 29.3 Å². The Morgan fingerprint density at radius 2 is 2.14 bits per heavy atom. The summed E-state index contributed by atoms with van der Waals surface area (Å²) in [7, 11) is 1.73. The molecule has 0 heterocycles. The summed E-state index contributed by atoms with van der Waals surface area (Å²) < 4.78 is 5.32. The standard InChI is InChI=1S/C12H17BrO/c1-4-11(13)8-10-7-9(2)5-6-12(10)14-3/h5-7,11H,4,8H2,1-3H3. The number of hydrogen-bond acceptors (Lipinski definition) is 1. The molecule has 1 atom stereocenters. The first-order valence-electron chi connectivity index (χ1n) is 4.95. The summed E-state index contributed by atoms with van der Waals surface area (Å²) in [6.07, 6.45) is 2.17. The highest BCUT2D eigenvalue weighted by atomic mass is 79.9. The molecule has 0 aliphatic heterocycles. The van der Waals surface area contributed by atoms with Gasteiger partial charge in [-0.15, -0.1) is 0 Å². The Bertz CT molecular complexity index is 296. The molecule has 0 aliphatic rings. The summed E-state index contributed by atoms with van der Waals surface area (Å²) in [6, 6.07) is 6.32. The lowest BCUT2D eigenvalue weighted by Gasteiger charge is -2.12. The number of methoxy groups -OCH3 is 1. The van der Waals surface area contributed by atoms with E-state index in [1.807, 2.05) is 6.07 Å². The molecule has 2 heteroatoms. The van der Waals surface area contributed by atoms with Gasteiger partial charge in [0, 0.05) is 4.83 Å². The van der Waals surface area contributed by atoms with Crippen molar-refractivity contribution in [2.24, 2.45) is 0 Å². The Morgan fingerprint density at radius 1 is 1.43 bits per heavy atom. The lowest BCUT2D eigenvalue weighted by molar-refractivity contribution is 0.409. The number of ether oxygens (including phenoxy) is 1. The summed E-state index contributed by atoms with van der Waals surface area (Å²) in [4.78, 5) is 0.540. The van der Waals surface area contributed by atoms with Crippen molar-refractivity contribution in [1.29, 1.82) is 0 Å². The van der Waals surface area contributed by atoms with Gasteiger partial charge in [0.15, 0.2) is 0 Å². The first kappa shape index (κ1) is 11.6. The first-order chi connectivity index (χ1) is 6.67.